The van der Waals surface area contributed by atoms with E-state index in [2.05, 4.69) is 52.8 Å². The molecule has 0 spiro atoms. The fourth-order valence-electron chi connectivity index (χ4n) is 3.28. The van der Waals surface area contributed by atoms with Crippen molar-refractivity contribution in [3.05, 3.63) is 64.5 Å². The smallest absolute Gasteiger partial charge is 0.250 e. The molecule has 0 aliphatic heterocycles. The highest BCUT2D eigenvalue weighted by Gasteiger charge is 2.15. The molecule has 0 bridgehead atoms. The van der Waals surface area contributed by atoms with Crippen LogP contribution in [0.25, 0.3) is 16.2 Å². The van der Waals surface area contributed by atoms with Gasteiger partial charge in [0.25, 0.3) is 0 Å². The van der Waals surface area contributed by atoms with Gasteiger partial charge in [-0.25, -0.2) is 4.52 Å². The van der Waals surface area contributed by atoms with Crippen molar-refractivity contribution in [2.45, 2.75) is 27.2 Å². The number of fused-ring (bicyclic) bond motifs is 1. The molecule has 7 nitrogen and oxygen atoms in total. The number of benzene rings is 2. The topological polar surface area (TPSA) is 88.4 Å². The quantitative estimate of drug-likeness (QED) is 0.507. The first kappa shape index (κ1) is 19.8. The molecule has 0 radical (unpaired) electrons. The van der Waals surface area contributed by atoms with E-state index in [0.717, 1.165) is 21.8 Å². The summed E-state index contributed by atoms with van der Waals surface area (Å²) in [7, 11) is 0. The molecule has 152 valence electrons. The third-order valence-corrected chi connectivity index (χ3v) is 5.45. The number of anilines is 2. The predicted octanol–water partition coefficient (Wildman–Crippen LogP) is 4.21. The molecule has 2 aromatic carbocycles. The number of amides is 2. The first-order chi connectivity index (χ1) is 14.4. The summed E-state index contributed by atoms with van der Waals surface area (Å²) in [5.41, 5.74) is 5.95. The standard InChI is InChI=1S/C22H21N5O2S/c1-13-4-9-18(14(2)10-13)19-12-30-22-25-21(26-27(19)22)24-20(29)11-16-5-7-17(8-6-16)23-15(3)28/h4-10,12H,11H2,1-3H3,(H,23,28)(H,24,26,29). The summed E-state index contributed by atoms with van der Waals surface area (Å²) in [4.78, 5) is 28.7. The van der Waals surface area contributed by atoms with Crippen molar-refractivity contribution in [1.29, 1.82) is 0 Å². The Kier molecular flexibility index (Phi) is 5.33. The van der Waals surface area contributed by atoms with E-state index in [-0.39, 0.29) is 24.2 Å². The molecule has 0 saturated heterocycles. The maximum absolute atomic E-state index is 12.4. The van der Waals surface area contributed by atoms with Crippen LogP contribution in [0.2, 0.25) is 0 Å². The van der Waals surface area contributed by atoms with Gasteiger partial charge in [0.15, 0.2) is 0 Å². The van der Waals surface area contributed by atoms with Crippen LogP contribution in [-0.4, -0.2) is 26.4 Å². The van der Waals surface area contributed by atoms with Gasteiger partial charge in [0, 0.05) is 23.6 Å². The lowest BCUT2D eigenvalue weighted by atomic mass is 10.0. The number of hydrogen-bond donors (Lipinski definition) is 2. The average Bonchev–Trinajstić information content (AvgIpc) is 3.23. The number of nitrogens with zero attached hydrogens (tertiary/aromatic N) is 3. The number of carbonyl (C=O) groups excluding carboxylic acids is 2. The van der Waals surface area contributed by atoms with Gasteiger partial charge in [-0.05, 0) is 37.1 Å². The van der Waals surface area contributed by atoms with Gasteiger partial charge in [-0.1, -0.05) is 35.9 Å². The summed E-state index contributed by atoms with van der Waals surface area (Å²) in [6.45, 7) is 5.59. The van der Waals surface area contributed by atoms with Crippen LogP contribution in [-0.2, 0) is 16.0 Å². The van der Waals surface area contributed by atoms with E-state index in [9.17, 15) is 9.59 Å². The summed E-state index contributed by atoms with van der Waals surface area (Å²) in [5, 5.41) is 12.0. The lowest BCUT2D eigenvalue weighted by molar-refractivity contribution is -0.116. The summed E-state index contributed by atoms with van der Waals surface area (Å²) in [5.74, 6) is -0.0483. The number of rotatable bonds is 5. The molecular weight excluding hydrogens is 398 g/mol. The molecule has 0 saturated carbocycles. The molecule has 2 amide bonds. The molecule has 8 heteroatoms. The lowest BCUT2D eigenvalue weighted by Crippen LogP contribution is -2.15. The molecule has 0 aliphatic rings. The highest BCUT2D eigenvalue weighted by atomic mass is 32.1. The van der Waals surface area contributed by atoms with Crippen molar-refractivity contribution in [2.24, 2.45) is 0 Å². The largest absolute Gasteiger partial charge is 0.326 e. The van der Waals surface area contributed by atoms with E-state index >= 15 is 0 Å². The molecular formula is C22H21N5O2S. The van der Waals surface area contributed by atoms with Gasteiger partial charge in [0.1, 0.15) is 0 Å². The minimum atomic E-state index is -0.200. The Morgan fingerprint density at radius 2 is 1.83 bits per heavy atom. The number of carbonyl (C=O) groups is 2. The highest BCUT2D eigenvalue weighted by molar-refractivity contribution is 7.15. The Morgan fingerprint density at radius 1 is 1.07 bits per heavy atom. The number of thiazole rings is 1. The van der Waals surface area contributed by atoms with Gasteiger partial charge in [-0.15, -0.1) is 16.4 Å². The first-order valence-corrected chi connectivity index (χ1v) is 10.4. The fraction of sp³-hybridized carbons (Fsp3) is 0.182. The number of aromatic nitrogens is 3. The minimum absolute atomic E-state index is 0.133. The Labute approximate surface area is 177 Å². The Balaban J connectivity index is 1.48. The van der Waals surface area contributed by atoms with Crippen LogP contribution in [0.1, 0.15) is 23.6 Å². The summed E-state index contributed by atoms with van der Waals surface area (Å²) < 4.78 is 1.76. The number of nitrogens with one attached hydrogen (secondary N) is 2. The monoisotopic (exact) mass is 419 g/mol. The summed E-state index contributed by atoms with van der Waals surface area (Å²) in [6.07, 6.45) is 0.192. The molecule has 2 aromatic heterocycles. The lowest BCUT2D eigenvalue weighted by Gasteiger charge is -2.05. The van der Waals surface area contributed by atoms with Gasteiger partial charge in [-0.2, -0.15) is 4.98 Å². The second kappa shape index (κ2) is 8.08. The first-order valence-electron chi connectivity index (χ1n) is 9.47. The van der Waals surface area contributed by atoms with Crippen molar-refractivity contribution in [1.82, 2.24) is 14.6 Å². The van der Waals surface area contributed by atoms with Crippen LogP contribution < -0.4 is 10.6 Å². The highest BCUT2D eigenvalue weighted by Crippen LogP contribution is 2.28. The molecule has 30 heavy (non-hydrogen) atoms. The van der Waals surface area contributed by atoms with Crippen molar-refractivity contribution in [2.75, 3.05) is 10.6 Å². The molecule has 0 fully saturated rings. The third kappa shape index (κ3) is 4.23. The SMILES string of the molecule is CC(=O)Nc1ccc(CC(=O)Nc2nc3scc(-c4ccc(C)cc4C)n3n2)cc1. The zero-order valence-corrected chi connectivity index (χ0v) is 17.7. The molecule has 0 atom stereocenters. The normalized spacial score (nSPS) is 10.9. The van der Waals surface area contributed by atoms with Crippen LogP contribution in [0.15, 0.2) is 47.8 Å². The van der Waals surface area contributed by atoms with Crippen LogP contribution >= 0.6 is 11.3 Å². The van der Waals surface area contributed by atoms with Crippen LogP contribution in [0.4, 0.5) is 11.6 Å². The van der Waals surface area contributed by atoms with Gasteiger partial charge < -0.3 is 5.32 Å². The number of hydrogen-bond acceptors (Lipinski definition) is 5. The predicted molar refractivity (Wildman–Crippen MR) is 119 cm³/mol. The van der Waals surface area contributed by atoms with E-state index in [4.69, 9.17) is 0 Å². The Morgan fingerprint density at radius 3 is 2.53 bits per heavy atom. The third-order valence-electron chi connectivity index (χ3n) is 4.63. The summed E-state index contributed by atoms with van der Waals surface area (Å²) in [6, 6.07) is 13.4. The van der Waals surface area contributed by atoms with E-state index in [1.165, 1.54) is 29.4 Å². The van der Waals surface area contributed by atoms with E-state index in [1.54, 1.807) is 16.6 Å². The van der Waals surface area contributed by atoms with Crippen molar-refractivity contribution in [3.63, 3.8) is 0 Å². The molecule has 2 N–H and O–H groups in total. The van der Waals surface area contributed by atoms with Crippen molar-refractivity contribution < 1.29 is 9.59 Å². The van der Waals surface area contributed by atoms with Crippen molar-refractivity contribution in [3.8, 4) is 11.3 Å². The van der Waals surface area contributed by atoms with E-state index in [1.807, 2.05) is 17.5 Å². The van der Waals surface area contributed by atoms with Gasteiger partial charge in [-0.3, -0.25) is 14.9 Å². The number of aryl methyl sites for hydroxylation is 2. The Hall–Kier alpha value is -3.52. The second-order valence-corrected chi connectivity index (χ2v) is 8.01. The maximum atomic E-state index is 12.4. The minimum Gasteiger partial charge on any atom is -0.326 e. The molecule has 4 rings (SSSR count). The van der Waals surface area contributed by atoms with Crippen LogP contribution in [0.5, 0.6) is 0 Å². The summed E-state index contributed by atoms with van der Waals surface area (Å²) >= 11 is 1.48. The van der Waals surface area contributed by atoms with E-state index < -0.39 is 0 Å². The molecule has 0 aliphatic carbocycles. The second-order valence-electron chi connectivity index (χ2n) is 7.17. The molecule has 4 aromatic rings. The fourth-order valence-corrected chi connectivity index (χ4v) is 4.11. The van der Waals surface area contributed by atoms with Gasteiger partial charge >= 0.3 is 0 Å². The average molecular weight is 420 g/mol. The zero-order valence-electron chi connectivity index (χ0n) is 16.9. The van der Waals surface area contributed by atoms with Gasteiger partial charge in [0.2, 0.25) is 22.7 Å². The van der Waals surface area contributed by atoms with Crippen LogP contribution in [0.3, 0.4) is 0 Å². The molecule has 0 unspecified atom stereocenters. The van der Waals surface area contributed by atoms with Crippen molar-refractivity contribution >= 4 is 39.7 Å². The Bertz CT molecular complexity index is 1240. The van der Waals surface area contributed by atoms with Gasteiger partial charge in [0.05, 0.1) is 12.1 Å². The molecule has 2 heterocycles. The van der Waals surface area contributed by atoms with E-state index in [0.29, 0.717) is 5.69 Å². The maximum Gasteiger partial charge on any atom is 0.250 e. The van der Waals surface area contributed by atoms with Crippen LogP contribution in [0, 0.1) is 13.8 Å². The zero-order chi connectivity index (χ0) is 21.3.